The normalized spacial score (nSPS) is 23.6. The molecule has 0 bridgehead atoms. The summed E-state index contributed by atoms with van der Waals surface area (Å²) in [6.07, 6.45) is 4.42. The van der Waals surface area contributed by atoms with Crippen molar-refractivity contribution in [3.63, 3.8) is 0 Å². The largest absolute Gasteiger partial charge is 0.345 e. The smallest absolute Gasteiger partial charge is 0.234 e. The zero-order valence-corrected chi connectivity index (χ0v) is 11.8. The van der Waals surface area contributed by atoms with E-state index in [1.54, 1.807) is 0 Å². The summed E-state index contributed by atoms with van der Waals surface area (Å²) in [7, 11) is 1.94. The maximum Gasteiger partial charge on any atom is 0.234 e. The molecule has 1 aromatic carbocycles. The minimum atomic E-state index is -0.0220. The van der Waals surface area contributed by atoms with Gasteiger partial charge < -0.3 is 4.90 Å². The Hall–Kier alpha value is -1.57. The fraction of sp³-hybridized carbons (Fsp3) is 0.471. The number of allylic oxidation sites excluding steroid dienone is 1. The summed E-state index contributed by atoms with van der Waals surface area (Å²) < 4.78 is 0. The standard InChI is InChI=1S/C17H21NO/c1-12-6-5-9-14(12)16-15-8-4-3-7-13(15)10-11-18(2)17(16)19/h3-4,7-8,16H,5-6,9-11H2,1-2H3. The van der Waals surface area contributed by atoms with E-state index in [-0.39, 0.29) is 11.8 Å². The van der Waals surface area contributed by atoms with Crippen molar-refractivity contribution in [3.8, 4) is 0 Å². The van der Waals surface area contributed by atoms with Crippen molar-refractivity contribution in [1.82, 2.24) is 4.90 Å². The molecule has 3 rings (SSSR count). The average Bonchev–Trinajstić information content (AvgIpc) is 2.78. The second-order valence-corrected chi connectivity index (χ2v) is 5.80. The molecule has 100 valence electrons. The first-order chi connectivity index (χ1) is 9.18. The van der Waals surface area contributed by atoms with E-state index in [2.05, 4.69) is 31.2 Å². The molecule has 1 amide bonds. The van der Waals surface area contributed by atoms with Crippen LogP contribution in [0.25, 0.3) is 0 Å². The van der Waals surface area contributed by atoms with Gasteiger partial charge in [0, 0.05) is 13.6 Å². The van der Waals surface area contributed by atoms with Gasteiger partial charge in [0.2, 0.25) is 5.91 Å². The molecule has 1 aliphatic heterocycles. The van der Waals surface area contributed by atoms with Gasteiger partial charge in [-0.2, -0.15) is 0 Å². The van der Waals surface area contributed by atoms with Gasteiger partial charge in [-0.3, -0.25) is 4.79 Å². The van der Waals surface area contributed by atoms with Crippen molar-refractivity contribution in [1.29, 1.82) is 0 Å². The van der Waals surface area contributed by atoms with Crippen LogP contribution in [0, 0.1) is 0 Å². The van der Waals surface area contributed by atoms with Crippen molar-refractivity contribution in [3.05, 3.63) is 46.5 Å². The fourth-order valence-electron chi connectivity index (χ4n) is 3.44. The minimum absolute atomic E-state index is 0.0220. The van der Waals surface area contributed by atoms with Crippen LogP contribution in [0.3, 0.4) is 0 Å². The van der Waals surface area contributed by atoms with Gasteiger partial charge in [0.25, 0.3) is 0 Å². The highest BCUT2D eigenvalue weighted by atomic mass is 16.2. The van der Waals surface area contributed by atoms with Gasteiger partial charge in [0.15, 0.2) is 0 Å². The molecule has 0 radical (unpaired) electrons. The molecule has 1 aromatic rings. The Labute approximate surface area is 115 Å². The van der Waals surface area contributed by atoms with E-state index in [4.69, 9.17) is 0 Å². The van der Waals surface area contributed by atoms with Crippen LogP contribution in [0.2, 0.25) is 0 Å². The highest BCUT2D eigenvalue weighted by Crippen LogP contribution is 2.40. The summed E-state index contributed by atoms with van der Waals surface area (Å²) in [5.74, 6) is 0.257. The lowest BCUT2D eigenvalue weighted by Gasteiger charge is -2.23. The summed E-state index contributed by atoms with van der Waals surface area (Å²) in [4.78, 5) is 14.6. The summed E-state index contributed by atoms with van der Waals surface area (Å²) in [5.41, 5.74) is 5.40. The maximum absolute atomic E-state index is 12.7. The Morgan fingerprint density at radius 1 is 1.16 bits per heavy atom. The molecule has 0 aromatic heterocycles. The number of hydrogen-bond acceptors (Lipinski definition) is 1. The highest BCUT2D eigenvalue weighted by molar-refractivity contribution is 5.88. The number of benzene rings is 1. The molecule has 0 N–H and O–H groups in total. The van der Waals surface area contributed by atoms with E-state index in [9.17, 15) is 4.79 Å². The number of rotatable bonds is 1. The Morgan fingerprint density at radius 2 is 1.95 bits per heavy atom. The van der Waals surface area contributed by atoms with Crippen LogP contribution in [-0.4, -0.2) is 24.4 Å². The zero-order valence-electron chi connectivity index (χ0n) is 11.8. The van der Waals surface area contributed by atoms with E-state index in [0.717, 1.165) is 25.8 Å². The van der Waals surface area contributed by atoms with Gasteiger partial charge in [-0.05, 0) is 43.7 Å². The molecule has 0 spiro atoms. The maximum atomic E-state index is 12.7. The van der Waals surface area contributed by atoms with Gasteiger partial charge >= 0.3 is 0 Å². The molecule has 1 unspecified atom stereocenters. The van der Waals surface area contributed by atoms with Gasteiger partial charge in [-0.1, -0.05) is 35.4 Å². The van der Waals surface area contributed by atoms with Crippen LogP contribution in [0.15, 0.2) is 35.4 Å². The van der Waals surface area contributed by atoms with E-state index in [1.807, 2.05) is 11.9 Å². The first-order valence-electron chi connectivity index (χ1n) is 7.20. The van der Waals surface area contributed by atoms with E-state index < -0.39 is 0 Å². The molecule has 1 atom stereocenters. The van der Waals surface area contributed by atoms with Crippen LogP contribution < -0.4 is 0 Å². The SMILES string of the molecule is CC1=C(C2C(=O)N(C)CCc3ccccc32)CCC1. The molecule has 19 heavy (non-hydrogen) atoms. The fourth-order valence-corrected chi connectivity index (χ4v) is 3.44. The molecule has 0 fully saturated rings. The van der Waals surface area contributed by atoms with Gasteiger partial charge in [0.1, 0.15) is 0 Å². The first-order valence-corrected chi connectivity index (χ1v) is 7.20. The molecule has 0 saturated carbocycles. The number of fused-ring (bicyclic) bond motifs is 1. The van der Waals surface area contributed by atoms with Gasteiger partial charge in [0.05, 0.1) is 5.92 Å². The van der Waals surface area contributed by atoms with Crippen LogP contribution in [-0.2, 0) is 11.2 Å². The molecule has 1 heterocycles. The summed E-state index contributed by atoms with van der Waals surface area (Å²) in [5, 5.41) is 0. The summed E-state index contributed by atoms with van der Waals surface area (Å²) in [6.45, 7) is 3.03. The second kappa shape index (κ2) is 4.84. The highest BCUT2D eigenvalue weighted by Gasteiger charge is 2.33. The van der Waals surface area contributed by atoms with E-state index in [1.165, 1.54) is 28.7 Å². The number of hydrogen-bond donors (Lipinski definition) is 0. The second-order valence-electron chi connectivity index (χ2n) is 5.80. The minimum Gasteiger partial charge on any atom is -0.345 e. The van der Waals surface area contributed by atoms with Crippen LogP contribution in [0.4, 0.5) is 0 Å². The lowest BCUT2D eigenvalue weighted by atomic mass is 9.85. The predicted octanol–water partition coefficient (Wildman–Crippen LogP) is 3.29. The molecule has 2 heteroatoms. The third-order valence-electron chi connectivity index (χ3n) is 4.60. The molecule has 1 aliphatic carbocycles. The van der Waals surface area contributed by atoms with Crippen molar-refractivity contribution in [2.45, 2.75) is 38.5 Å². The van der Waals surface area contributed by atoms with Crippen molar-refractivity contribution in [2.24, 2.45) is 0 Å². The molecule has 0 saturated heterocycles. The van der Waals surface area contributed by atoms with Crippen molar-refractivity contribution in [2.75, 3.05) is 13.6 Å². The molecular formula is C17H21NO. The molecule has 2 nitrogen and oxygen atoms in total. The Kier molecular flexibility index (Phi) is 3.17. The zero-order chi connectivity index (χ0) is 13.4. The van der Waals surface area contributed by atoms with Crippen LogP contribution in [0.1, 0.15) is 43.2 Å². The lowest BCUT2D eigenvalue weighted by Crippen LogP contribution is -2.31. The molecular weight excluding hydrogens is 234 g/mol. The lowest BCUT2D eigenvalue weighted by molar-refractivity contribution is -0.130. The summed E-state index contributed by atoms with van der Waals surface area (Å²) in [6, 6.07) is 8.48. The average molecular weight is 255 g/mol. The number of amides is 1. The monoisotopic (exact) mass is 255 g/mol. The quantitative estimate of drug-likeness (QED) is 0.705. The number of carbonyl (C=O) groups excluding carboxylic acids is 1. The van der Waals surface area contributed by atoms with Crippen LogP contribution >= 0.6 is 0 Å². The van der Waals surface area contributed by atoms with E-state index in [0.29, 0.717) is 0 Å². The number of nitrogens with zero attached hydrogens (tertiary/aromatic N) is 1. The number of carbonyl (C=O) groups is 1. The van der Waals surface area contributed by atoms with Gasteiger partial charge in [-0.15, -0.1) is 0 Å². The molecule has 2 aliphatic rings. The topological polar surface area (TPSA) is 20.3 Å². The number of likely N-dealkylation sites (N-methyl/N-ethyl adjacent to an activating group) is 1. The summed E-state index contributed by atoms with van der Waals surface area (Å²) >= 11 is 0. The predicted molar refractivity (Wildman–Crippen MR) is 77.1 cm³/mol. The van der Waals surface area contributed by atoms with Crippen LogP contribution in [0.5, 0.6) is 0 Å². The van der Waals surface area contributed by atoms with Gasteiger partial charge in [-0.25, -0.2) is 0 Å². The third-order valence-corrected chi connectivity index (χ3v) is 4.60. The Morgan fingerprint density at radius 3 is 2.68 bits per heavy atom. The first kappa shape index (κ1) is 12.5. The Balaban J connectivity index is 2.13. The van der Waals surface area contributed by atoms with E-state index >= 15 is 0 Å². The Bertz CT molecular complexity index is 544. The third kappa shape index (κ3) is 2.09. The van der Waals surface area contributed by atoms with Crippen molar-refractivity contribution < 1.29 is 4.79 Å². The van der Waals surface area contributed by atoms with Crippen molar-refractivity contribution >= 4 is 5.91 Å².